The Morgan fingerprint density at radius 2 is 2.02 bits per heavy atom. The molecular weight excluding hydrogens is 626 g/mol. The average Bonchev–Trinajstić information content (AvgIpc) is 3.05. The molecule has 47 heavy (non-hydrogen) atoms. The zero-order chi connectivity index (χ0) is 34.9. The first-order chi connectivity index (χ1) is 22.4. The van der Waals surface area contributed by atoms with Gasteiger partial charge in [0.15, 0.2) is 18.4 Å². The first-order valence-electron chi connectivity index (χ1n) is 14.5. The molecule has 10 N–H and O–H groups in total. The standard InChI is InChI=1S/C29H43N5O13/c1-5-16-17(7-6-15-10-34(8-9-35)11-18(24(38)39)21(15)33-28(30)32-3)19(25(40)43-4)13-44-26(16)47-27-23(45-14-31-2)29(41,42)22(37)20(12-36)46-27/h5-7,10,13,16-17,20,22-23,26-27,31,35-37,41-42H,1,8-9,11-12,14H2,2-4H3,(H,38,39)(H3,30,32,33). The molecule has 0 radical (unpaired) electrons. The molecule has 7 atom stereocenters. The molecule has 0 bridgehead atoms. The summed E-state index contributed by atoms with van der Waals surface area (Å²) in [6.07, 6.45) is -0.894. The average molecular weight is 670 g/mol. The van der Waals surface area contributed by atoms with Crippen LogP contribution in [0.1, 0.15) is 0 Å². The molecule has 7 unspecified atom stereocenters. The summed E-state index contributed by atoms with van der Waals surface area (Å²) in [6, 6.07) is 0. The van der Waals surface area contributed by atoms with E-state index in [9.17, 15) is 40.2 Å². The molecule has 0 amide bonds. The topological polar surface area (TPSA) is 267 Å². The van der Waals surface area contributed by atoms with Crippen LogP contribution in [0.4, 0.5) is 0 Å². The van der Waals surface area contributed by atoms with Gasteiger partial charge in [-0.15, -0.1) is 6.58 Å². The van der Waals surface area contributed by atoms with Gasteiger partial charge in [0.1, 0.15) is 12.2 Å². The van der Waals surface area contributed by atoms with E-state index in [4.69, 9.17) is 29.4 Å². The second kappa shape index (κ2) is 16.8. The lowest BCUT2D eigenvalue weighted by Crippen LogP contribution is -2.69. The number of aliphatic hydroxyl groups excluding tert-OH is 3. The lowest BCUT2D eigenvalue weighted by Gasteiger charge is -2.47. The van der Waals surface area contributed by atoms with Crippen molar-refractivity contribution in [3.8, 4) is 0 Å². The summed E-state index contributed by atoms with van der Waals surface area (Å²) < 4.78 is 27.8. The molecule has 0 aromatic carbocycles. The van der Waals surface area contributed by atoms with Crippen LogP contribution in [0.5, 0.6) is 0 Å². The monoisotopic (exact) mass is 669 g/mol. The van der Waals surface area contributed by atoms with Gasteiger partial charge in [-0.1, -0.05) is 18.2 Å². The minimum absolute atomic E-state index is 0.0265. The van der Waals surface area contributed by atoms with Crippen molar-refractivity contribution in [2.45, 2.75) is 36.7 Å². The summed E-state index contributed by atoms with van der Waals surface area (Å²) in [5.74, 6) is -6.78. The summed E-state index contributed by atoms with van der Waals surface area (Å²) in [5.41, 5.74) is 6.27. The number of nitrogens with zero attached hydrogens (tertiary/aromatic N) is 2. The molecule has 18 heteroatoms. The predicted molar refractivity (Wildman–Crippen MR) is 162 cm³/mol. The van der Waals surface area contributed by atoms with Crippen LogP contribution in [0, 0.1) is 11.8 Å². The first-order valence-corrected chi connectivity index (χ1v) is 14.5. The van der Waals surface area contributed by atoms with Crippen molar-refractivity contribution in [1.29, 1.82) is 0 Å². The molecule has 262 valence electrons. The Bertz CT molecular complexity index is 1300. The highest BCUT2D eigenvalue weighted by Crippen LogP contribution is 2.38. The van der Waals surface area contributed by atoms with Gasteiger partial charge in [0, 0.05) is 31.3 Å². The summed E-state index contributed by atoms with van der Waals surface area (Å²) in [4.78, 5) is 30.5. The molecule has 0 aliphatic carbocycles. The number of ether oxygens (including phenoxy) is 5. The van der Waals surface area contributed by atoms with E-state index in [2.05, 4.69) is 22.2 Å². The molecule has 18 nitrogen and oxygen atoms in total. The van der Waals surface area contributed by atoms with E-state index in [1.807, 2.05) is 0 Å². The van der Waals surface area contributed by atoms with Gasteiger partial charge in [0.05, 0.1) is 62.6 Å². The lowest BCUT2D eigenvalue weighted by atomic mass is 9.83. The molecule has 0 saturated carbocycles. The van der Waals surface area contributed by atoms with Gasteiger partial charge >= 0.3 is 11.9 Å². The minimum Gasteiger partial charge on any atom is -0.478 e. The van der Waals surface area contributed by atoms with Gasteiger partial charge in [-0.25, -0.2) is 9.59 Å². The van der Waals surface area contributed by atoms with E-state index < -0.39 is 67.1 Å². The van der Waals surface area contributed by atoms with Crippen LogP contribution < -0.4 is 16.4 Å². The fourth-order valence-corrected chi connectivity index (χ4v) is 5.19. The molecule has 0 aromatic heterocycles. The lowest BCUT2D eigenvalue weighted by molar-refractivity contribution is -0.410. The van der Waals surface area contributed by atoms with E-state index in [0.717, 1.165) is 6.26 Å². The fraction of sp³-hybridized carbons (Fsp3) is 0.552. The third-order valence-corrected chi connectivity index (χ3v) is 7.62. The van der Waals surface area contributed by atoms with E-state index in [0.29, 0.717) is 5.57 Å². The zero-order valence-corrected chi connectivity index (χ0v) is 26.2. The number of β-amino-alcohol motifs (C(OH)–C–C–N with tert-alkyl or cyclic N) is 1. The van der Waals surface area contributed by atoms with Crippen LogP contribution in [0.25, 0.3) is 0 Å². The number of carbonyl (C=O) groups excluding carboxylic acids is 1. The van der Waals surface area contributed by atoms with Crippen molar-refractivity contribution in [1.82, 2.24) is 15.5 Å². The second-order valence-corrected chi connectivity index (χ2v) is 10.6. The Morgan fingerprint density at radius 1 is 1.30 bits per heavy atom. The van der Waals surface area contributed by atoms with Gasteiger partial charge < -0.3 is 70.3 Å². The number of aliphatic hydroxyl groups is 5. The summed E-state index contributed by atoms with van der Waals surface area (Å²) >= 11 is 0. The molecule has 3 rings (SSSR count). The molecule has 0 spiro atoms. The second-order valence-electron chi connectivity index (χ2n) is 10.6. The number of allylic oxidation sites excluding steroid dienone is 2. The fourth-order valence-electron chi connectivity index (χ4n) is 5.19. The maximum atomic E-state index is 12.9. The predicted octanol–water partition coefficient (Wildman–Crippen LogP) is -3.22. The van der Waals surface area contributed by atoms with Gasteiger partial charge in [-0.05, 0) is 7.05 Å². The van der Waals surface area contributed by atoms with E-state index in [1.165, 1.54) is 33.4 Å². The van der Waals surface area contributed by atoms with Crippen LogP contribution in [-0.4, -0.2) is 144 Å². The molecular formula is C29H43N5O13. The Morgan fingerprint density at radius 3 is 2.60 bits per heavy atom. The number of esters is 1. The van der Waals surface area contributed by atoms with Crippen molar-refractivity contribution >= 4 is 17.9 Å². The Balaban J connectivity index is 2.05. The van der Waals surface area contributed by atoms with E-state index in [-0.39, 0.29) is 49.2 Å². The summed E-state index contributed by atoms with van der Waals surface area (Å²) in [7, 11) is 4.12. The Labute approximate surface area is 270 Å². The third-order valence-electron chi connectivity index (χ3n) is 7.62. The Hall–Kier alpha value is -3.85. The highest BCUT2D eigenvalue weighted by Gasteiger charge is 2.57. The molecule has 3 aliphatic heterocycles. The van der Waals surface area contributed by atoms with Crippen LogP contribution in [-0.2, 0) is 33.3 Å². The first kappa shape index (κ1) is 37.6. The smallest absolute Gasteiger partial charge is 0.337 e. The number of hydrogen-bond acceptors (Lipinski definition) is 15. The highest BCUT2D eigenvalue weighted by molar-refractivity contribution is 5.92. The van der Waals surface area contributed by atoms with E-state index >= 15 is 0 Å². The molecule has 3 aliphatic rings. The number of hydrogen-bond donors (Lipinski definition) is 9. The van der Waals surface area contributed by atoms with Gasteiger partial charge in [-0.3, -0.25) is 10.3 Å². The molecule has 1 fully saturated rings. The number of carboxylic acid groups (broad SMARTS) is 1. The highest BCUT2D eigenvalue weighted by atomic mass is 16.8. The van der Waals surface area contributed by atoms with Gasteiger partial charge in [-0.2, -0.15) is 0 Å². The van der Waals surface area contributed by atoms with E-state index in [1.54, 1.807) is 17.2 Å². The van der Waals surface area contributed by atoms with Crippen LogP contribution in [0.3, 0.4) is 0 Å². The number of methoxy groups -OCH3 is 1. The number of nitrogens with one attached hydrogen (secondary N) is 2. The van der Waals surface area contributed by atoms with Crippen LogP contribution in [0.15, 0.2) is 64.7 Å². The maximum Gasteiger partial charge on any atom is 0.337 e. The molecule has 3 heterocycles. The SMILES string of the molecule is C=CC1C(OC2OC(CO)C(O)C(O)(O)C2OCNC)OC=C(C(=O)OC)C1C=CC1=CN(CCO)CC(C(=O)O)=C1NC(N)=NC. The van der Waals surface area contributed by atoms with Crippen LogP contribution >= 0.6 is 0 Å². The quantitative estimate of drug-likeness (QED) is 0.0289. The van der Waals surface area contributed by atoms with Gasteiger partial charge in [0.25, 0.3) is 0 Å². The number of aliphatic carboxylic acids is 1. The van der Waals surface area contributed by atoms with Crippen molar-refractivity contribution in [3.63, 3.8) is 0 Å². The number of carboxylic acids is 1. The Kier molecular flexibility index (Phi) is 13.5. The minimum atomic E-state index is -2.92. The maximum absolute atomic E-state index is 12.9. The van der Waals surface area contributed by atoms with Gasteiger partial charge in [0.2, 0.25) is 12.1 Å². The number of rotatable bonds is 14. The number of guanidine groups is 1. The number of aliphatic imine (C=N–C) groups is 1. The molecule has 1 saturated heterocycles. The van der Waals surface area contributed by atoms with Crippen molar-refractivity contribution < 1.29 is 63.9 Å². The number of nitrogens with two attached hydrogens (primary N) is 1. The third kappa shape index (κ3) is 8.55. The van der Waals surface area contributed by atoms with Crippen LogP contribution in [0.2, 0.25) is 0 Å². The summed E-state index contributed by atoms with van der Waals surface area (Å²) in [5, 5.41) is 66.6. The normalized spacial score (nSPS) is 29.6. The zero-order valence-electron chi connectivity index (χ0n) is 26.2. The largest absolute Gasteiger partial charge is 0.478 e. The molecule has 0 aromatic rings. The van der Waals surface area contributed by atoms with Crippen molar-refractivity contribution in [3.05, 3.63) is 59.7 Å². The number of carbonyl (C=O) groups is 2. The van der Waals surface area contributed by atoms with Crippen molar-refractivity contribution in [2.24, 2.45) is 22.6 Å². The summed E-state index contributed by atoms with van der Waals surface area (Å²) in [6.45, 7) is 2.66. The van der Waals surface area contributed by atoms with Crippen molar-refractivity contribution in [2.75, 3.05) is 54.2 Å².